The lowest BCUT2D eigenvalue weighted by molar-refractivity contribution is -0.113. The first-order chi connectivity index (χ1) is 12.7. The number of thiophene rings is 1. The summed E-state index contributed by atoms with van der Waals surface area (Å²) in [5.41, 5.74) is 6.53. The van der Waals surface area contributed by atoms with Gasteiger partial charge >= 0.3 is 0 Å². The lowest BCUT2D eigenvalue weighted by Crippen LogP contribution is -2.27. The third kappa shape index (κ3) is 4.69. The topological polar surface area (TPSA) is 110 Å². The maximum absolute atomic E-state index is 13.0. The van der Waals surface area contributed by atoms with Gasteiger partial charge in [0.25, 0.3) is 5.91 Å². The van der Waals surface area contributed by atoms with Crippen LogP contribution in [0.4, 0.5) is 9.39 Å². The minimum Gasteiger partial charge on any atom is -0.365 e. The number of nitrogens with two attached hydrogens (primary N) is 1. The first-order valence-corrected chi connectivity index (χ1v) is 10.6. The molecule has 0 radical (unpaired) electrons. The number of amides is 2. The number of likely N-dealkylation sites (N-methyl/N-ethyl adjacent to an activating group) is 1. The molecule has 152 valence electrons. The van der Waals surface area contributed by atoms with Gasteiger partial charge in [-0.3, -0.25) is 9.59 Å². The fourth-order valence-electron chi connectivity index (χ4n) is 2.94. The maximum atomic E-state index is 13.0. The smallest absolute Gasteiger partial charge is 0.251 e. The molecule has 0 unspecified atom stereocenters. The summed E-state index contributed by atoms with van der Waals surface area (Å²) in [5.74, 6) is -2.83. The van der Waals surface area contributed by atoms with E-state index in [9.17, 15) is 22.4 Å². The van der Waals surface area contributed by atoms with Crippen molar-refractivity contribution >= 4 is 50.4 Å². The van der Waals surface area contributed by atoms with Gasteiger partial charge in [-0.05, 0) is 43.3 Å². The highest BCUT2D eigenvalue weighted by molar-refractivity contribution is 7.92. The molecule has 2 heterocycles. The van der Waals surface area contributed by atoms with E-state index in [4.69, 9.17) is 5.73 Å². The Hall–Kier alpha value is -2.01. The van der Waals surface area contributed by atoms with Gasteiger partial charge in [0.15, 0.2) is 9.84 Å². The molecule has 3 N–H and O–H groups in total. The van der Waals surface area contributed by atoms with Gasteiger partial charge in [-0.15, -0.1) is 23.7 Å². The Bertz CT molecular complexity index is 1010. The predicted molar refractivity (Wildman–Crippen MR) is 107 cm³/mol. The van der Waals surface area contributed by atoms with Crippen LogP contribution in [-0.2, 0) is 27.6 Å². The molecular weight excluding hydrogens is 429 g/mol. The Labute approximate surface area is 172 Å². The van der Waals surface area contributed by atoms with Gasteiger partial charge in [0, 0.05) is 18.0 Å². The highest BCUT2D eigenvalue weighted by atomic mass is 35.5. The van der Waals surface area contributed by atoms with Crippen LogP contribution in [0, 0.1) is 5.82 Å². The molecule has 11 heteroatoms. The van der Waals surface area contributed by atoms with Gasteiger partial charge < -0.3 is 16.0 Å². The number of benzene rings is 1. The minimum absolute atomic E-state index is 0. The summed E-state index contributed by atoms with van der Waals surface area (Å²) in [6.07, 6.45) is 0.629. The van der Waals surface area contributed by atoms with Gasteiger partial charge in [-0.2, -0.15) is 0 Å². The molecule has 0 spiro atoms. The van der Waals surface area contributed by atoms with Crippen LogP contribution in [0.1, 0.15) is 20.8 Å². The van der Waals surface area contributed by atoms with Crippen molar-refractivity contribution in [2.45, 2.75) is 17.9 Å². The Balaban J connectivity index is 0.00000280. The van der Waals surface area contributed by atoms with Crippen LogP contribution in [0.3, 0.4) is 0 Å². The van der Waals surface area contributed by atoms with Crippen LogP contribution in [0.2, 0.25) is 0 Å². The molecule has 0 atom stereocenters. The third-order valence-corrected chi connectivity index (χ3v) is 7.01. The van der Waals surface area contributed by atoms with Crippen molar-refractivity contribution < 1.29 is 22.4 Å². The molecule has 2 amide bonds. The molecule has 1 aromatic carbocycles. The molecule has 0 fully saturated rings. The van der Waals surface area contributed by atoms with Gasteiger partial charge in [0.1, 0.15) is 16.6 Å². The molecule has 7 nitrogen and oxygen atoms in total. The maximum Gasteiger partial charge on any atom is 0.251 e. The second-order valence-electron chi connectivity index (χ2n) is 6.32. The van der Waals surface area contributed by atoms with Crippen LogP contribution in [-0.4, -0.2) is 44.5 Å². The first-order valence-electron chi connectivity index (χ1n) is 8.08. The van der Waals surface area contributed by atoms with Crippen molar-refractivity contribution in [2.75, 3.05) is 24.7 Å². The monoisotopic (exact) mass is 447 g/mol. The number of anilines is 1. The molecule has 1 aromatic heterocycles. The number of hydrogen-bond donors (Lipinski definition) is 2. The number of rotatable bonds is 5. The summed E-state index contributed by atoms with van der Waals surface area (Å²) in [7, 11) is -1.99. The predicted octanol–water partition coefficient (Wildman–Crippen LogP) is 1.81. The molecule has 1 aliphatic heterocycles. The molecule has 0 saturated carbocycles. The Morgan fingerprint density at radius 1 is 1.29 bits per heavy atom. The van der Waals surface area contributed by atoms with E-state index >= 15 is 0 Å². The second-order valence-corrected chi connectivity index (χ2v) is 9.42. The highest BCUT2D eigenvalue weighted by Gasteiger charge is 2.28. The molecule has 0 bridgehead atoms. The Kier molecular flexibility index (Phi) is 6.81. The Morgan fingerprint density at radius 3 is 2.54 bits per heavy atom. The summed E-state index contributed by atoms with van der Waals surface area (Å²) in [4.78, 5) is 27.0. The normalized spacial score (nSPS) is 14.1. The van der Waals surface area contributed by atoms with Gasteiger partial charge in [0.05, 0.1) is 10.5 Å². The third-order valence-electron chi connectivity index (χ3n) is 4.24. The zero-order valence-electron chi connectivity index (χ0n) is 14.9. The largest absolute Gasteiger partial charge is 0.365 e. The molecule has 0 aliphatic carbocycles. The van der Waals surface area contributed by atoms with Crippen molar-refractivity contribution in [3.05, 3.63) is 46.1 Å². The summed E-state index contributed by atoms with van der Waals surface area (Å²) in [5, 5.41) is 2.77. The van der Waals surface area contributed by atoms with E-state index in [2.05, 4.69) is 10.2 Å². The van der Waals surface area contributed by atoms with E-state index in [0.717, 1.165) is 41.3 Å². The van der Waals surface area contributed by atoms with E-state index in [-0.39, 0.29) is 27.9 Å². The van der Waals surface area contributed by atoms with E-state index < -0.39 is 33.2 Å². The van der Waals surface area contributed by atoms with Crippen LogP contribution in [0.25, 0.3) is 0 Å². The number of fused-ring (bicyclic) bond motifs is 1. The van der Waals surface area contributed by atoms with Crippen molar-refractivity contribution in [3.63, 3.8) is 0 Å². The summed E-state index contributed by atoms with van der Waals surface area (Å²) >= 11 is 1.23. The zero-order valence-corrected chi connectivity index (χ0v) is 17.3. The molecule has 28 heavy (non-hydrogen) atoms. The van der Waals surface area contributed by atoms with Gasteiger partial charge in [0.2, 0.25) is 5.91 Å². The molecular formula is C17H19ClFN3O4S2. The van der Waals surface area contributed by atoms with Gasteiger partial charge in [-0.25, -0.2) is 12.8 Å². The summed E-state index contributed by atoms with van der Waals surface area (Å²) in [6.45, 7) is 1.39. The van der Waals surface area contributed by atoms with Gasteiger partial charge in [-0.1, -0.05) is 0 Å². The van der Waals surface area contributed by atoms with Crippen LogP contribution in [0.5, 0.6) is 0 Å². The number of nitrogens with one attached hydrogen (secondary N) is 1. The zero-order chi connectivity index (χ0) is 19.8. The molecule has 3 rings (SSSR count). The van der Waals surface area contributed by atoms with Crippen LogP contribution >= 0.6 is 23.7 Å². The van der Waals surface area contributed by atoms with Crippen LogP contribution < -0.4 is 11.1 Å². The van der Waals surface area contributed by atoms with Crippen molar-refractivity contribution in [2.24, 2.45) is 5.73 Å². The van der Waals surface area contributed by atoms with Crippen molar-refractivity contribution in [1.82, 2.24) is 4.90 Å². The number of carbonyl (C=O) groups excluding carboxylic acids is 2. The SMILES string of the molecule is CN1CCc2c(sc(NC(=O)CS(=O)(=O)c3ccc(F)cc3)c2C(N)=O)C1.Cl. The fourth-order valence-corrected chi connectivity index (χ4v) is 5.42. The number of sulfone groups is 1. The van der Waals surface area contributed by atoms with E-state index in [1.807, 2.05) is 7.05 Å². The quantitative estimate of drug-likeness (QED) is 0.679. The van der Waals surface area contributed by atoms with Crippen LogP contribution in [0.15, 0.2) is 29.2 Å². The van der Waals surface area contributed by atoms with E-state index in [1.165, 1.54) is 11.3 Å². The second kappa shape index (κ2) is 8.56. The minimum atomic E-state index is -3.94. The standard InChI is InChI=1S/C17H18FN3O4S2.ClH/c1-21-7-6-12-13(8-21)26-17(15(12)16(19)23)20-14(22)9-27(24,25)11-4-2-10(18)3-5-11;/h2-5H,6-9H2,1H3,(H2,19,23)(H,20,22);1H. The molecule has 0 saturated heterocycles. The average molecular weight is 448 g/mol. The average Bonchev–Trinajstić information content (AvgIpc) is 2.91. The van der Waals surface area contributed by atoms with Crippen molar-refractivity contribution in [1.29, 1.82) is 0 Å². The lowest BCUT2D eigenvalue weighted by Gasteiger charge is -2.22. The number of primary amides is 1. The van der Waals surface area contributed by atoms with Crippen molar-refractivity contribution in [3.8, 4) is 0 Å². The summed E-state index contributed by atoms with van der Waals surface area (Å²) in [6, 6.07) is 4.23. The lowest BCUT2D eigenvalue weighted by atomic mass is 10.0. The summed E-state index contributed by atoms with van der Waals surface area (Å²) < 4.78 is 37.6. The number of halogens is 2. The molecule has 1 aliphatic rings. The number of hydrogen-bond acceptors (Lipinski definition) is 6. The Morgan fingerprint density at radius 2 is 1.93 bits per heavy atom. The first kappa shape index (κ1) is 22.3. The van der Waals surface area contributed by atoms with E-state index in [1.54, 1.807) is 0 Å². The highest BCUT2D eigenvalue weighted by Crippen LogP contribution is 2.36. The van der Waals surface area contributed by atoms with E-state index in [0.29, 0.717) is 13.0 Å². The fraction of sp³-hybridized carbons (Fsp3) is 0.294. The molecule has 2 aromatic rings. The number of carbonyl (C=O) groups is 2. The number of nitrogens with zero attached hydrogens (tertiary/aromatic N) is 1.